The molecule has 5 nitrogen and oxygen atoms in total. The van der Waals surface area contributed by atoms with Gasteiger partial charge in [0.15, 0.2) is 6.61 Å². The third-order valence-electron chi connectivity index (χ3n) is 3.94. The normalized spacial score (nSPS) is 14.7. The van der Waals surface area contributed by atoms with Crippen LogP contribution in [0.3, 0.4) is 0 Å². The van der Waals surface area contributed by atoms with Crippen LogP contribution in [-0.4, -0.2) is 41.6 Å². The molecule has 1 saturated heterocycles. The first-order chi connectivity index (χ1) is 12.3. The number of carbonyl (C=O) groups is 1. The van der Waals surface area contributed by atoms with Crippen molar-refractivity contribution in [1.82, 2.24) is 9.88 Å². The number of aryl methyl sites for hydroxylation is 1. The van der Waals surface area contributed by atoms with E-state index in [4.69, 9.17) is 9.47 Å². The summed E-state index contributed by atoms with van der Waals surface area (Å²) < 4.78 is 49.4. The second-order valence-electron chi connectivity index (χ2n) is 5.99. The summed E-state index contributed by atoms with van der Waals surface area (Å²) in [6.07, 6.45) is -3.82. The first-order valence-corrected chi connectivity index (χ1v) is 7.99. The van der Waals surface area contributed by atoms with Crippen molar-refractivity contribution < 1.29 is 27.4 Å². The minimum atomic E-state index is -4.54. The molecule has 1 amide bonds. The summed E-state index contributed by atoms with van der Waals surface area (Å²) in [5.41, 5.74) is 0.159. The number of hydrogen-bond donors (Lipinski definition) is 0. The lowest BCUT2D eigenvalue weighted by Gasteiger charge is -2.38. The highest BCUT2D eigenvalue weighted by molar-refractivity contribution is 5.78. The molecule has 0 radical (unpaired) electrons. The van der Waals surface area contributed by atoms with Crippen molar-refractivity contribution in [3.05, 3.63) is 53.7 Å². The number of ether oxygens (including phenoxy) is 2. The summed E-state index contributed by atoms with van der Waals surface area (Å²) >= 11 is 0. The fourth-order valence-electron chi connectivity index (χ4n) is 2.45. The molecule has 1 aliphatic rings. The Balaban J connectivity index is 1.48. The van der Waals surface area contributed by atoms with E-state index >= 15 is 0 Å². The Morgan fingerprint density at radius 2 is 1.92 bits per heavy atom. The summed E-state index contributed by atoms with van der Waals surface area (Å²) in [4.78, 5) is 17.2. The van der Waals surface area contributed by atoms with Crippen LogP contribution in [0.1, 0.15) is 11.1 Å². The molecule has 0 atom stereocenters. The molecule has 0 unspecified atom stereocenters. The third-order valence-corrected chi connectivity index (χ3v) is 3.94. The molecule has 1 aromatic carbocycles. The molecule has 8 heteroatoms. The smallest absolute Gasteiger partial charge is 0.421 e. The molecule has 0 spiro atoms. The van der Waals surface area contributed by atoms with Gasteiger partial charge in [0.25, 0.3) is 5.91 Å². The molecule has 2 heterocycles. The van der Waals surface area contributed by atoms with E-state index < -0.39 is 23.7 Å². The summed E-state index contributed by atoms with van der Waals surface area (Å²) in [5, 5.41) is 0. The SMILES string of the molecule is Cc1ccc(OCC(=O)N2CC(Oc3ncccc3C(F)(F)F)C2)cc1. The lowest BCUT2D eigenvalue weighted by atomic mass is 10.1. The van der Waals surface area contributed by atoms with Crippen molar-refractivity contribution in [2.75, 3.05) is 19.7 Å². The first-order valence-electron chi connectivity index (χ1n) is 7.99. The summed E-state index contributed by atoms with van der Waals surface area (Å²) in [6, 6.07) is 9.40. The Morgan fingerprint density at radius 1 is 1.23 bits per heavy atom. The van der Waals surface area contributed by atoms with Gasteiger partial charge in [-0.3, -0.25) is 4.79 Å². The van der Waals surface area contributed by atoms with Crippen molar-refractivity contribution in [2.24, 2.45) is 0 Å². The fourth-order valence-corrected chi connectivity index (χ4v) is 2.45. The van der Waals surface area contributed by atoms with E-state index in [2.05, 4.69) is 4.98 Å². The van der Waals surface area contributed by atoms with Gasteiger partial charge in [-0.25, -0.2) is 4.98 Å². The van der Waals surface area contributed by atoms with Crippen LogP contribution < -0.4 is 9.47 Å². The van der Waals surface area contributed by atoms with Crippen LogP contribution in [0, 0.1) is 6.92 Å². The fraction of sp³-hybridized carbons (Fsp3) is 0.333. The van der Waals surface area contributed by atoms with Gasteiger partial charge in [-0.2, -0.15) is 13.2 Å². The van der Waals surface area contributed by atoms with Crippen LogP contribution in [0.15, 0.2) is 42.6 Å². The number of nitrogens with zero attached hydrogens (tertiary/aromatic N) is 2. The van der Waals surface area contributed by atoms with E-state index in [0.717, 1.165) is 11.6 Å². The second-order valence-corrected chi connectivity index (χ2v) is 5.99. The molecule has 1 fully saturated rings. The number of amides is 1. The van der Waals surface area contributed by atoms with E-state index in [-0.39, 0.29) is 25.6 Å². The van der Waals surface area contributed by atoms with Gasteiger partial charge in [0.2, 0.25) is 5.88 Å². The number of carbonyl (C=O) groups excluding carboxylic acids is 1. The van der Waals surface area contributed by atoms with Gasteiger partial charge >= 0.3 is 6.18 Å². The maximum absolute atomic E-state index is 12.9. The molecule has 1 aromatic heterocycles. The number of alkyl halides is 3. The van der Waals surface area contributed by atoms with Crippen molar-refractivity contribution >= 4 is 5.91 Å². The zero-order chi connectivity index (χ0) is 18.7. The number of benzene rings is 1. The van der Waals surface area contributed by atoms with E-state index in [1.807, 2.05) is 19.1 Å². The molecule has 0 bridgehead atoms. The number of aromatic nitrogens is 1. The summed E-state index contributed by atoms with van der Waals surface area (Å²) in [7, 11) is 0. The van der Waals surface area contributed by atoms with E-state index in [0.29, 0.717) is 5.75 Å². The predicted molar refractivity (Wildman–Crippen MR) is 86.9 cm³/mol. The topological polar surface area (TPSA) is 51.7 Å². The number of halogens is 3. The van der Waals surface area contributed by atoms with Crippen LogP contribution in [-0.2, 0) is 11.0 Å². The van der Waals surface area contributed by atoms with Crippen LogP contribution in [0.25, 0.3) is 0 Å². The second kappa shape index (κ2) is 7.23. The van der Waals surface area contributed by atoms with Gasteiger partial charge in [0.1, 0.15) is 17.4 Å². The largest absolute Gasteiger partial charge is 0.484 e. The van der Waals surface area contributed by atoms with Crippen LogP contribution >= 0.6 is 0 Å². The molecular weight excluding hydrogens is 349 g/mol. The van der Waals surface area contributed by atoms with E-state index in [9.17, 15) is 18.0 Å². The van der Waals surface area contributed by atoms with Gasteiger partial charge in [0, 0.05) is 6.20 Å². The zero-order valence-electron chi connectivity index (χ0n) is 14.0. The van der Waals surface area contributed by atoms with E-state index in [1.54, 1.807) is 12.1 Å². The van der Waals surface area contributed by atoms with Gasteiger partial charge in [-0.1, -0.05) is 17.7 Å². The molecule has 2 aromatic rings. The van der Waals surface area contributed by atoms with Crippen LogP contribution in [0.2, 0.25) is 0 Å². The lowest BCUT2D eigenvalue weighted by Crippen LogP contribution is -2.57. The first kappa shape index (κ1) is 18.0. The van der Waals surface area contributed by atoms with Crippen molar-refractivity contribution in [2.45, 2.75) is 19.2 Å². The minimum Gasteiger partial charge on any atom is -0.484 e. The Morgan fingerprint density at radius 3 is 2.58 bits per heavy atom. The molecule has 0 saturated carbocycles. The minimum absolute atomic E-state index is 0.132. The van der Waals surface area contributed by atoms with Crippen LogP contribution in [0.5, 0.6) is 11.6 Å². The Labute approximate surface area is 148 Å². The quantitative estimate of drug-likeness (QED) is 0.816. The molecule has 26 heavy (non-hydrogen) atoms. The zero-order valence-corrected chi connectivity index (χ0v) is 14.0. The van der Waals surface area contributed by atoms with Crippen molar-refractivity contribution in [3.8, 4) is 11.6 Å². The number of pyridine rings is 1. The molecule has 138 valence electrons. The highest BCUT2D eigenvalue weighted by Gasteiger charge is 2.38. The Kier molecular flexibility index (Phi) is 5.01. The Bertz CT molecular complexity index is 772. The molecule has 3 rings (SSSR count). The monoisotopic (exact) mass is 366 g/mol. The predicted octanol–water partition coefficient (Wildman–Crippen LogP) is 3.08. The van der Waals surface area contributed by atoms with E-state index in [1.165, 1.54) is 17.2 Å². The molecule has 1 aliphatic heterocycles. The maximum atomic E-state index is 12.9. The third kappa shape index (κ3) is 4.25. The van der Waals surface area contributed by atoms with Crippen LogP contribution in [0.4, 0.5) is 13.2 Å². The number of likely N-dealkylation sites (tertiary alicyclic amines) is 1. The van der Waals surface area contributed by atoms with Gasteiger partial charge in [0.05, 0.1) is 13.1 Å². The summed E-state index contributed by atoms with van der Waals surface area (Å²) in [5.74, 6) is -0.129. The average molecular weight is 366 g/mol. The van der Waals surface area contributed by atoms with Gasteiger partial charge < -0.3 is 14.4 Å². The summed E-state index contributed by atoms with van der Waals surface area (Å²) in [6.45, 7) is 2.21. The lowest BCUT2D eigenvalue weighted by molar-refractivity contribution is -0.146. The molecular formula is C18H17F3N2O3. The average Bonchev–Trinajstić information content (AvgIpc) is 2.56. The standard InChI is InChI=1S/C18H17F3N2O3/c1-12-4-6-13(7-5-12)25-11-16(24)23-9-14(10-23)26-17-15(18(19,20)21)3-2-8-22-17/h2-8,14H,9-11H2,1H3. The number of hydrogen-bond acceptors (Lipinski definition) is 4. The highest BCUT2D eigenvalue weighted by atomic mass is 19.4. The van der Waals surface area contributed by atoms with Crippen molar-refractivity contribution in [1.29, 1.82) is 0 Å². The highest BCUT2D eigenvalue weighted by Crippen LogP contribution is 2.35. The van der Waals surface area contributed by atoms with Gasteiger partial charge in [-0.05, 0) is 31.2 Å². The Hall–Kier alpha value is -2.77. The number of rotatable bonds is 5. The molecule has 0 aliphatic carbocycles. The maximum Gasteiger partial charge on any atom is 0.421 e. The van der Waals surface area contributed by atoms with Gasteiger partial charge in [-0.15, -0.1) is 0 Å². The molecule has 0 N–H and O–H groups in total. The van der Waals surface area contributed by atoms with Crippen molar-refractivity contribution in [3.63, 3.8) is 0 Å².